The molecule has 3 aromatic rings. The molecule has 0 saturated heterocycles. The van der Waals surface area contributed by atoms with Crippen LogP contribution in [0.15, 0.2) is 78.9 Å². The van der Waals surface area contributed by atoms with Crippen molar-refractivity contribution in [3.63, 3.8) is 0 Å². The average molecular weight is 361 g/mol. The molecule has 1 amide bonds. The SMILES string of the molecule is CCC(Oc1ccc(-c2ccccc2)cc1)C(=O)Nc1ccccc1OC. The molecule has 0 heterocycles. The number of nitrogens with one attached hydrogen (secondary N) is 1. The molecule has 0 aliphatic rings. The molecule has 1 unspecified atom stereocenters. The van der Waals surface area contributed by atoms with E-state index in [1.165, 1.54) is 0 Å². The lowest BCUT2D eigenvalue weighted by atomic mass is 10.1. The number of ether oxygens (including phenoxy) is 2. The molecule has 27 heavy (non-hydrogen) atoms. The van der Waals surface area contributed by atoms with Crippen molar-refractivity contribution in [2.24, 2.45) is 0 Å². The predicted octanol–water partition coefficient (Wildman–Crippen LogP) is 5.16. The van der Waals surface area contributed by atoms with Crippen molar-refractivity contribution in [2.75, 3.05) is 12.4 Å². The Bertz CT molecular complexity index is 876. The Morgan fingerprint density at radius 3 is 2.19 bits per heavy atom. The average Bonchev–Trinajstić information content (AvgIpc) is 2.73. The second kappa shape index (κ2) is 8.90. The highest BCUT2D eigenvalue weighted by Gasteiger charge is 2.19. The van der Waals surface area contributed by atoms with Crippen LogP contribution in [-0.4, -0.2) is 19.1 Å². The van der Waals surface area contributed by atoms with Gasteiger partial charge in [-0.2, -0.15) is 0 Å². The Hall–Kier alpha value is -3.27. The fourth-order valence-electron chi connectivity index (χ4n) is 2.80. The molecule has 3 rings (SSSR count). The number of hydrogen-bond acceptors (Lipinski definition) is 3. The van der Waals surface area contributed by atoms with Gasteiger partial charge in [0.25, 0.3) is 5.91 Å². The van der Waals surface area contributed by atoms with Crippen molar-refractivity contribution in [1.82, 2.24) is 0 Å². The van der Waals surface area contributed by atoms with Gasteiger partial charge in [-0.3, -0.25) is 4.79 Å². The largest absolute Gasteiger partial charge is 0.495 e. The summed E-state index contributed by atoms with van der Waals surface area (Å²) in [6.45, 7) is 1.92. The maximum absolute atomic E-state index is 12.6. The molecule has 4 nitrogen and oxygen atoms in total. The lowest BCUT2D eigenvalue weighted by Gasteiger charge is -2.18. The highest BCUT2D eigenvalue weighted by atomic mass is 16.5. The number of carbonyl (C=O) groups is 1. The standard InChI is InChI=1S/C23H23NO3/c1-3-21(23(25)24-20-11-7-8-12-22(20)26-2)27-19-15-13-18(14-16-19)17-9-5-4-6-10-17/h4-16,21H,3H2,1-2H3,(H,24,25). The van der Waals surface area contributed by atoms with Crippen molar-refractivity contribution in [2.45, 2.75) is 19.4 Å². The number of anilines is 1. The number of benzene rings is 3. The van der Waals surface area contributed by atoms with Gasteiger partial charge < -0.3 is 14.8 Å². The molecule has 3 aromatic carbocycles. The highest BCUT2D eigenvalue weighted by Crippen LogP contribution is 2.25. The molecule has 138 valence electrons. The summed E-state index contributed by atoms with van der Waals surface area (Å²) < 4.78 is 11.2. The Balaban J connectivity index is 1.68. The normalized spacial score (nSPS) is 11.5. The van der Waals surface area contributed by atoms with Crippen molar-refractivity contribution in [3.05, 3.63) is 78.9 Å². The van der Waals surface area contributed by atoms with E-state index >= 15 is 0 Å². The molecule has 0 spiro atoms. The van der Waals surface area contributed by atoms with Crippen LogP contribution in [0.1, 0.15) is 13.3 Å². The van der Waals surface area contributed by atoms with Gasteiger partial charge in [-0.25, -0.2) is 0 Å². The molecule has 0 bridgehead atoms. The minimum absolute atomic E-state index is 0.200. The van der Waals surface area contributed by atoms with Crippen LogP contribution in [0.5, 0.6) is 11.5 Å². The van der Waals surface area contributed by atoms with Crippen LogP contribution in [-0.2, 0) is 4.79 Å². The third kappa shape index (κ3) is 4.67. The molecule has 0 aliphatic heterocycles. The Morgan fingerprint density at radius 2 is 1.52 bits per heavy atom. The fraction of sp³-hybridized carbons (Fsp3) is 0.174. The van der Waals surface area contributed by atoms with Crippen molar-refractivity contribution < 1.29 is 14.3 Å². The van der Waals surface area contributed by atoms with Crippen LogP contribution < -0.4 is 14.8 Å². The van der Waals surface area contributed by atoms with Crippen LogP contribution in [0, 0.1) is 0 Å². The zero-order valence-electron chi connectivity index (χ0n) is 15.5. The van der Waals surface area contributed by atoms with Gasteiger partial charge in [0.05, 0.1) is 12.8 Å². The van der Waals surface area contributed by atoms with Crippen molar-refractivity contribution >= 4 is 11.6 Å². The Kier molecular flexibility index (Phi) is 6.10. The third-order valence-electron chi connectivity index (χ3n) is 4.27. The van der Waals surface area contributed by atoms with Crippen LogP contribution in [0.25, 0.3) is 11.1 Å². The lowest BCUT2D eigenvalue weighted by molar-refractivity contribution is -0.122. The Morgan fingerprint density at radius 1 is 0.889 bits per heavy atom. The lowest BCUT2D eigenvalue weighted by Crippen LogP contribution is -2.32. The predicted molar refractivity (Wildman–Crippen MR) is 108 cm³/mol. The van der Waals surface area contributed by atoms with Crippen LogP contribution in [0.3, 0.4) is 0 Å². The molecule has 1 atom stereocenters. The number of amides is 1. The Labute approximate surface area is 159 Å². The summed E-state index contributed by atoms with van der Waals surface area (Å²) in [7, 11) is 1.58. The van der Waals surface area contributed by atoms with E-state index in [1.54, 1.807) is 19.2 Å². The van der Waals surface area contributed by atoms with E-state index in [0.29, 0.717) is 23.6 Å². The molecule has 0 aliphatic carbocycles. The van der Waals surface area contributed by atoms with E-state index in [1.807, 2.05) is 61.5 Å². The smallest absolute Gasteiger partial charge is 0.265 e. The van der Waals surface area contributed by atoms with Crippen LogP contribution >= 0.6 is 0 Å². The summed E-state index contributed by atoms with van der Waals surface area (Å²) in [5.41, 5.74) is 2.88. The van der Waals surface area contributed by atoms with Gasteiger partial charge in [-0.05, 0) is 41.8 Å². The number of methoxy groups -OCH3 is 1. The molecular formula is C23H23NO3. The van der Waals surface area contributed by atoms with Gasteiger partial charge in [-0.15, -0.1) is 0 Å². The zero-order chi connectivity index (χ0) is 19.1. The summed E-state index contributed by atoms with van der Waals surface area (Å²) in [4.78, 5) is 12.6. The summed E-state index contributed by atoms with van der Waals surface area (Å²) in [6.07, 6.45) is -0.0287. The van der Waals surface area contributed by atoms with Gasteiger partial charge in [0.15, 0.2) is 6.10 Å². The van der Waals surface area contributed by atoms with E-state index in [2.05, 4.69) is 17.4 Å². The number of rotatable bonds is 7. The van der Waals surface area contributed by atoms with Crippen molar-refractivity contribution in [3.8, 4) is 22.6 Å². The quantitative estimate of drug-likeness (QED) is 0.632. The van der Waals surface area contributed by atoms with E-state index in [4.69, 9.17) is 9.47 Å². The van der Waals surface area contributed by atoms with Gasteiger partial charge in [0, 0.05) is 0 Å². The van der Waals surface area contributed by atoms with Gasteiger partial charge in [0.1, 0.15) is 11.5 Å². The third-order valence-corrected chi connectivity index (χ3v) is 4.27. The first-order valence-electron chi connectivity index (χ1n) is 8.97. The molecule has 0 fully saturated rings. The first-order chi connectivity index (χ1) is 13.2. The minimum atomic E-state index is -0.586. The van der Waals surface area contributed by atoms with Crippen LogP contribution in [0.2, 0.25) is 0 Å². The van der Waals surface area contributed by atoms with Gasteiger partial charge >= 0.3 is 0 Å². The highest BCUT2D eigenvalue weighted by molar-refractivity contribution is 5.95. The number of para-hydroxylation sites is 2. The summed E-state index contributed by atoms with van der Waals surface area (Å²) in [6, 6.07) is 25.2. The second-order valence-corrected chi connectivity index (χ2v) is 6.09. The van der Waals surface area contributed by atoms with Gasteiger partial charge in [0.2, 0.25) is 0 Å². The minimum Gasteiger partial charge on any atom is -0.495 e. The zero-order valence-corrected chi connectivity index (χ0v) is 15.5. The monoisotopic (exact) mass is 361 g/mol. The van der Waals surface area contributed by atoms with Crippen molar-refractivity contribution in [1.29, 1.82) is 0 Å². The molecule has 0 saturated carbocycles. The van der Waals surface area contributed by atoms with E-state index in [9.17, 15) is 4.79 Å². The molecule has 1 N–H and O–H groups in total. The summed E-state index contributed by atoms with van der Waals surface area (Å²) >= 11 is 0. The topological polar surface area (TPSA) is 47.6 Å². The van der Waals surface area contributed by atoms with Gasteiger partial charge in [-0.1, -0.05) is 61.5 Å². The van der Waals surface area contributed by atoms with E-state index in [-0.39, 0.29) is 5.91 Å². The maximum atomic E-state index is 12.6. The summed E-state index contributed by atoms with van der Waals surface area (Å²) in [5, 5.41) is 2.88. The molecule has 0 radical (unpaired) electrons. The van der Waals surface area contributed by atoms with E-state index < -0.39 is 6.10 Å². The first kappa shape index (κ1) is 18.5. The number of hydrogen-bond donors (Lipinski definition) is 1. The first-order valence-corrected chi connectivity index (χ1v) is 8.97. The number of carbonyl (C=O) groups excluding carboxylic acids is 1. The molecular weight excluding hydrogens is 338 g/mol. The molecule has 4 heteroatoms. The fourth-order valence-corrected chi connectivity index (χ4v) is 2.80. The summed E-state index contributed by atoms with van der Waals surface area (Å²) in [5.74, 6) is 1.08. The molecule has 0 aromatic heterocycles. The second-order valence-electron chi connectivity index (χ2n) is 6.09. The van der Waals surface area contributed by atoms with E-state index in [0.717, 1.165) is 11.1 Å². The maximum Gasteiger partial charge on any atom is 0.265 e. The van der Waals surface area contributed by atoms with Crippen LogP contribution in [0.4, 0.5) is 5.69 Å².